The van der Waals surface area contributed by atoms with E-state index in [1.807, 2.05) is 34.9 Å². The van der Waals surface area contributed by atoms with Gasteiger partial charge < -0.3 is 14.2 Å². The lowest BCUT2D eigenvalue weighted by Crippen LogP contribution is -2.20. The minimum absolute atomic E-state index is 0.0912. The molecule has 0 aliphatic carbocycles. The van der Waals surface area contributed by atoms with E-state index in [1.54, 1.807) is 64.2 Å². The maximum atomic E-state index is 12.4. The quantitative estimate of drug-likeness (QED) is 0.198. The molecule has 4 aromatic rings. The SMILES string of the molecule is COc1cc(-c2nnc(SCC(=O)NN=Cc3ccncc3)n2-c2ccccc2)cc(OC)c1OC. The van der Waals surface area contributed by atoms with Crippen molar-refractivity contribution in [2.75, 3.05) is 27.1 Å². The van der Waals surface area contributed by atoms with Crippen LogP contribution in [0.1, 0.15) is 5.56 Å². The normalized spacial score (nSPS) is 10.9. The molecule has 0 radical (unpaired) electrons. The number of nitrogens with one attached hydrogen (secondary N) is 1. The summed E-state index contributed by atoms with van der Waals surface area (Å²) >= 11 is 1.25. The van der Waals surface area contributed by atoms with Gasteiger partial charge in [-0.2, -0.15) is 5.10 Å². The van der Waals surface area contributed by atoms with Gasteiger partial charge in [0.25, 0.3) is 5.91 Å². The van der Waals surface area contributed by atoms with Crippen molar-refractivity contribution < 1.29 is 19.0 Å². The third-order valence-electron chi connectivity index (χ3n) is 5.01. The Morgan fingerprint density at radius 2 is 1.69 bits per heavy atom. The minimum Gasteiger partial charge on any atom is -0.493 e. The summed E-state index contributed by atoms with van der Waals surface area (Å²) in [4.78, 5) is 16.4. The summed E-state index contributed by atoms with van der Waals surface area (Å²) in [6.45, 7) is 0. The van der Waals surface area contributed by atoms with Crippen LogP contribution in [-0.4, -0.2) is 59.0 Å². The number of ether oxygens (including phenoxy) is 3. The van der Waals surface area contributed by atoms with Gasteiger partial charge in [0, 0.05) is 23.6 Å². The number of thioether (sulfide) groups is 1. The Balaban J connectivity index is 1.61. The summed E-state index contributed by atoms with van der Waals surface area (Å²) in [5, 5.41) is 13.3. The molecular formula is C25H24N6O4S. The van der Waals surface area contributed by atoms with Crippen LogP contribution in [0, 0.1) is 0 Å². The summed E-state index contributed by atoms with van der Waals surface area (Å²) in [5.74, 6) is 1.84. The van der Waals surface area contributed by atoms with Crippen molar-refractivity contribution in [1.29, 1.82) is 0 Å². The first-order valence-corrected chi connectivity index (χ1v) is 11.8. The fraction of sp³-hybridized carbons (Fsp3) is 0.160. The van der Waals surface area contributed by atoms with Gasteiger partial charge in [0.1, 0.15) is 0 Å². The van der Waals surface area contributed by atoms with E-state index in [2.05, 4.69) is 25.7 Å². The molecule has 0 aliphatic rings. The highest BCUT2D eigenvalue weighted by Crippen LogP contribution is 2.41. The number of nitrogens with zero attached hydrogens (tertiary/aromatic N) is 5. The van der Waals surface area contributed by atoms with E-state index >= 15 is 0 Å². The van der Waals surface area contributed by atoms with Crippen LogP contribution in [-0.2, 0) is 4.79 Å². The van der Waals surface area contributed by atoms with Crippen LogP contribution in [0.5, 0.6) is 17.2 Å². The number of hydrogen-bond acceptors (Lipinski definition) is 9. The second-order valence-electron chi connectivity index (χ2n) is 7.25. The van der Waals surface area contributed by atoms with Crippen LogP contribution >= 0.6 is 11.8 Å². The number of pyridine rings is 1. The van der Waals surface area contributed by atoms with Gasteiger partial charge in [-0.1, -0.05) is 30.0 Å². The van der Waals surface area contributed by atoms with E-state index in [9.17, 15) is 4.79 Å². The first-order chi connectivity index (χ1) is 17.6. The molecule has 2 aromatic carbocycles. The molecule has 2 heterocycles. The number of aromatic nitrogens is 4. The Labute approximate surface area is 212 Å². The first kappa shape index (κ1) is 24.7. The van der Waals surface area contributed by atoms with Crippen molar-refractivity contribution in [3.8, 4) is 34.3 Å². The summed E-state index contributed by atoms with van der Waals surface area (Å²) < 4.78 is 18.3. The third-order valence-corrected chi connectivity index (χ3v) is 5.94. The predicted molar refractivity (Wildman–Crippen MR) is 137 cm³/mol. The largest absolute Gasteiger partial charge is 0.493 e. The number of carbonyl (C=O) groups is 1. The Morgan fingerprint density at radius 3 is 2.33 bits per heavy atom. The van der Waals surface area contributed by atoms with Gasteiger partial charge in [-0.3, -0.25) is 14.3 Å². The number of rotatable bonds is 10. The Bertz CT molecular complexity index is 1320. The summed E-state index contributed by atoms with van der Waals surface area (Å²) in [6.07, 6.45) is 4.86. The first-order valence-electron chi connectivity index (χ1n) is 10.8. The zero-order valence-electron chi connectivity index (χ0n) is 19.9. The molecule has 1 N–H and O–H groups in total. The molecule has 0 spiro atoms. The standard InChI is InChI=1S/C25H24N6O4S/c1-33-20-13-18(14-21(34-2)23(20)35-3)24-29-30-25(31(24)19-7-5-4-6-8-19)36-16-22(32)28-27-15-17-9-11-26-12-10-17/h4-15H,16H2,1-3H3,(H,28,32). The molecule has 0 bridgehead atoms. The highest BCUT2D eigenvalue weighted by molar-refractivity contribution is 7.99. The molecule has 1 amide bonds. The molecule has 11 heteroatoms. The fourth-order valence-electron chi connectivity index (χ4n) is 3.36. The number of amides is 1. The number of methoxy groups -OCH3 is 3. The lowest BCUT2D eigenvalue weighted by Gasteiger charge is -2.15. The van der Waals surface area contributed by atoms with Crippen LogP contribution in [0.3, 0.4) is 0 Å². The predicted octanol–water partition coefficient (Wildman–Crippen LogP) is 3.60. The third kappa shape index (κ3) is 5.63. The molecular weight excluding hydrogens is 480 g/mol. The van der Waals surface area contributed by atoms with Crippen LogP contribution in [0.15, 0.2) is 77.2 Å². The van der Waals surface area contributed by atoms with Crippen molar-refractivity contribution in [3.05, 3.63) is 72.6 Å². The lowest BCUT2D eigenvalue weighted by atomic mass is 10.1. The van der Waals surface area contributed by atoms with Crippen LogP contribution in [0.2, 0.25) is 0 Å². The van der Waals surface area contributed by atoms with Crippen molar-refractivity contribution in [3.63, 3.8) is 0 Å². The van der Waals surface area contributed by atoms with Gasteiger partial charge in [0.15, 0.2) is 22.5 Å². The van der Waals surface area contributed by atoms with E-state index in [0.29, 0.717) is 33.8 Å². The van der Waals surface area contributed by atoms with E-state index < -0.39 is 0 Å². The molecule has 2 aromatic heterocycles. The lowest BCUT2D eigenvalue weighted by molar-refractivity contribution is -0.118. The van der Waals surface area contributed by atoms with Gasteiger partial charge in [0.2, 0.25) is 5.75 Å². The Hall–Kier alpha value is -4.38. The second kappa shape index (κ2) is 11.8. The van der Waals surface area contributed by atoms with E-state index in [1.165, 1.54) is 11.8 Å². The average molecular weight is 505 g/mol. The van der Waals surface area contributed by atoms with Gasteiger partial charge >= 0.3 is 0 Å². The van der Waals surface area contributed by atoms with Crippen LogP contribution in [0.4, 0.5) is 0 Å². The number of benzene rings is 2. The fourth-order valence-corrected chi connectivity index (χ4v) is 4.11. The van der Waals surface area contributed by atoms with Crippen LogP contribution in [0.25, 0.3) is 17.1 Å². The summed E-state index contributed by atoms with van der Waals surface area (Å²) in [7, 11) is 4.66. The Kier molecular flexibility index (Phi) is 8.14. The summed E-state index contributed by atoms with van der Waals surface area (Å²) in [6, 6.07) is 16.8. The molecule has 0 atom stereocenters. The van der Waals surface area contributed by atoms with Gasteiger partial charge in [-0.25, -0.2) is 5.43 Å². The molecule has 4 rings (SSSR count). The van der Waals surface area contributed by atoms with Crippen LogP contribution < -0.4 is 19.6 Å². The molecule has 0 saturated carbocycles. The number of para-hydroxylation sites is 1. The number of hydrazone groups is 1. The minimum atomic E-state index is -0.276. The van der Waals surface area contributed by atoms with Crippen molar-refractivity contribution >= 4 is 23.9 Å². The maximum Gasteiger partial charge on any atom is 0.250 e. The smallest absolute Gasteiger partial charge is 0.250 e. The average Bonchev–Trinajstić information content (AvgIpc) is 3.36. The van der Waals surface area contributed by atoms with Crippen molar-refractivity contribution in [1.82, 2.24) is 25.2 Å². The van der Waals surface area contributed by atoms with Gasteiger partial charge in [0.05, 0.1) is 33.3 Å². The maximum absolute atomic E-state index is 12.4. The van der Waals surface area contributed by atoms with E-state index in [4.69, 9.17) is 14.2 Å². The van der Waals surface area contributed by atoms with E-state index in [-0.39, 0.29) is 11.7 Å². The zero-order chi connectivity index (χ0) is 25.3. The topological polar surface area (TPSA) is 113 Å². The number of carbonyl (C=O) groups excluding carboxylic acids is 1. The molecule has 0 saturated heterocycles. The van der Waals surface area contributed by atoms with E-state index in [0.717, 1.165) is 11.3 Å². The molecule has 0 aliphatic heterocycles. The molecule has 0 fully saturated rings. The van der Waals surface area contributed by atoms with Crippen molar-refractivity contribution in [2.45, 2.75) is 5.16 Å². The molecule has 36 heavy (non-hydrogen) atoms. The zero-order valence-corrected chi connectivity index (χ0v) is 20.7. The second-order valence-corrected chi connectivity index (χ2v) is 8.20. The number of hydrogen-bond donors (Lipinski definition) is 1. The highest BCUT2D eigenvalue weighted by atomic mass is 32.2. The Morgan fingerprint density at radius 1 is 1.00 bits per heavy atom. The van der Waals surface area contributed by atoms with Crippen molar-refractivity contribution in [2.24, 2.45) is 5.10 Å². The molecule has 184 valence electrons. The van der Waals surface area contributed by atoms with Gasteiger partial charge in [-0.05, 0) is 42.0 Å². The monoisotopic (exact) mass is 504 g/mol. The van der Waals surface area contributed by atoms with Gasteiger partial charge in [-0.15, -0.1) is 10.2 Å². The molecule has 10 nitrogen and oxygen atoms in total. The summed E-state index contributed by atoms with van der Waals surface area (Å²) in [5.41, 5.74) is 4.90. The molecule has 0 unspecified atom stereocenters. The highest BCUT2D eigenvalue weighted by Gasteiger charge is 2.21.